The Labute approximate surface area is 114 Å². The second-order valence-corrected chi connectivity index (χ2v) is 5.06. The number of aromatic nitrogens is 2. The molecule has 5 heteroatoms. The summed E-state index contributed by atoms with van der Waals surface area (Å²) in [5.74, 6) is 0.731. The first-order valence-corrected chi connectivity index (χ1v) is 6.65. The zero-order chi connectivity index (χ0) is 13.1. The van der Waals surface area contributed by atoms with E-state index in [2.05, 4.69) is 32.8 Å². The van der Waals surface area contributed by atoms with Crippen LogP contribution in [0.4, 0.5) is 4.39 Å². The first-order valence-electron chi connectivity index (χ1n) is 5.86. The molecule has 0 aliphatic heterocycles. The standard InChI is InChI=1S/C13H15BrFN3/c1-2-8(6-16)13-17-7-12(18-13)10-4-3-9(14)5-11(10)15/h3-5,7-8H,2,6,16H2,1H3,(H,17,18). The minimum Gasteiger partial charge on any atom is -0.342 e. The Hall–Kier alpha value is -1.20. The van der Waals surface area contributed by atoms with Gasteiger partial charge in [-0.15, -0.1) is 0 Å². The number of halogens is 2. The molecule has 0 amide bonds. The van der Waals surface area contributed by atoms with E-state index < -0.39 is 0 Å². The molecule has 18 heavy (non-hydrogen) atoms. The van der Waals surface area contributed by atoms with Gasteiger partial charge < -0.3 is 10.7 Å². The number of rotatable bonds is 4. The number of H-pyrrole nitrogens is 1. The van der Waals surface area contributed by atoms with Crippen LogP contribution < -0.4 is 5.73 Å². The van der Waals surface area contributed by atoms with E-state index in [1.165, 1.54) is 6.07 Å². The van der Waals surface area contributed by atoms with E-state index in [9.17, 15) is 4.39 Å². The van der Waals surface area contributed by atoms with Crippen molar-refractivity contribution in [3.63, 3.8) is 0 Å². The van der Waals surface area contributed by atoms with Crippen molar-refractivity contribution in [1.29, 1.82) is 0 Å². The van der Waals surface area contributed by atoms with Crippen LogP contribution in [0.3, 0.4) is 0 Å². The van der Waals surface area contributed by atoms with E-state index in [1.807, 2.05) is 0 Å². The molecule has 1 atom stereocenters. The zero-order valence-corrected chi connectivity index (χ0v) is 11.7. The highest BCUT2D eigenvalue weighted by Crippen LogP contribution is 2.25. The van der Waals surface area contributed by atoms with Gasteiger partial charge in [-0.05, 0) is 24.6 Å². The highest BCUT2D eigenvalue weighted by Gasteiger charge is 2.13. The first kappa shape index (κ1) is 13.2. The lowest BCUT2D eigenvalue weighted by Crippen LogP contribution is -2.12. The fraction of sp³-hybridized carbons (Fsp3) is 0.308. The molecular weight excluding hydrogens is 297 g/mol. The second-order valence-electron chi connectivity index (χ2n) is 4.15. The Morgan fingerprint density at radius 1 is 1.50 bits per heavy atom. The molecule has 96 valence electrons. The molecule has 1 aromatic carbocycles. The maximum atomic E-state index is 13.8. The van der Waals surface area contributed by atoms with Gasteiger partial charge in [0.05, 0.1) is 11.9 Å². The normalized spacial score (nSPS) is 12.7. The Morgan fingerprint density at radius 2 is 2.28 bits per heavy atom. The molecule has 1 aromatic heterocycles. The fourth-order valence-corrected chi connectivity index (χ4v) is 2.19. The number of nitrogens with one attached hydrogen (secondary N) is 1. The zero-order valence-electron chi connectivity index (χ0n) is 10.1. The molecule has 0 aliphatic rings. The molecule has 0 aliphatic carbocycles. The molecule has 0 saturated carbocycles. The quantitative estimate of drug-likeness (QED) is 0.909. The molecule has 0 saturated heterocycles. The molecule has 2 rings (SSSR count). The van der Waals surface area contributed by atoms with Crippen molar-refractivity contribution in [3.8, 4) is 11.3 Å². The van der Waals surface area contributed by atoms with E-state index in [4.69, 9.17) is 5.73 Å². The summed E-state index contributed by atoms with van der Waals surface area (Å²) >= 11 is 3.24. The van der Waals surface area contributed by atoms with Crippen LogP contribution in [0, 0.1) is 5.82 Å². The fourth-order valence-electron chi connectivity index (χ4n) is 1.86. The van der Waals surface area contributed by atoms with Gasteiger partial charge in [-0.25, -0.2) is 9.37 Å². The summed E-state index contributed by atoms with van der Waals surface area (Å²) in [7, 11) is 0. The average Bonchev–Trinajstić information content (AvgIpc) is 2.80. The lowest BCUT2D eigenvalue weighted by atomic mass is 10.1. The van der Waals surface area contributed by atoms with Gasteiger partial charge in [-0.3, -0.25) is 0 Å². The molecule has 0 bridgehead atoms. The number of hydrogen-bond donors (Lipinski definition) is 2. The third-order valence-corrected chi connectivity index (χ3v) is 3.47. The maximum Gasteiger partial charge on any atom is 0.133 e. The third-order valence-electron chi connectivity index (χ3n) is 2.98. The Balaban J connectivity index is 2.34. The number of nitrogens with two attached hydrogens (primary N) is 1. The van der Waals surface area contributed by atoms with Crippen molar-refractivity contribution in [3.05, 3.63) is 40.5 Å². The molecule has 1 heterocycles. The van der Waals surface area contributed by atoms with E-state index in [0.29, 0.717) is 17.8 Å². The van der Waals surface area contributed by atoms with E-state index in [-0.39, 0.29) is 11.7 Å². The second kappa shape index (κ2) is 5.63. The molecule has 3 N–H and O–H groups in total. The first-order chi connectivity index (χ1) is 8.65. The largest absolute Gasteiger partial charge is 0.342 e. The topological polar surface area (TPSA) is 54.7 Å². The van der Waals surface area contributed by atoms with Crippen LogP contribution in [-0.2, 0) is 0 Å². The summed E-state index contributed by atoms with van der Waals surface area (Å²) in [4.78, 5) is 7.43. The van der Waals surface area contributed by atoms with Crippen LogP contribution in [0.2, 0.25) is 0 Å². The number of aromatic amines is 1. The van der Waals surface area contributed by atoms with Gasteiger partial charge in [-0.1, -0.05) is 22.9 Å². The maximum absolute atomic E-state index is 13.8. The predicted molar refractivity (Wildman–Crippen MR) is 73.8 cm³/mol. The van der Waals surface area contributed by atoms with Crippen molar-refractivity contribution in [2.75, 3.05) is 6.54 Å². The van der Waals surface area contributed by atoms with Crippen molar-refractivity contribution >= 4 is 15.9 Å². The van der Waals surface area contributed by atoms with Gasteiger partial charge in [-0.2, -0.15) is 0 Å². The van der Waals surface area contributed by atoms with Crippen LogP contribution in [0.5, 0.6) is 0 Å². The van der Waals surface area contributed by atoms with Crippen LogP contribution in [0.25, 0.3) is 11.3 Å². The summed E-state index contributed by atoms with van der Waals surface area (Å²) < 4.78 is 14.5. The van der Waals surface area contributed by atoms with Crippen LogP contribution in [-0.4, -0.2) is 16.5 Å². The summed E-state index contributed by atoms with van der Waals surface area (Å²) in [6.07, 6.45) is 2.56. The molecule has 0 spiro atoms. The van der Waals surface area contributed by atoms with E-state index >= 15 is 0 Å². The minimum atomic E-state index is -0.277. The van der Waals surface area contributed by atoms with Crippen molar-refractivity contribution in [2.45, 2.75) is 19.3 Å². The number of benzene rings is 1. The molecule has 1 unspecified atom stereocenters. The van der Waals surface area contributed by atoms with Gasteiger partial charge in [0, 0.05) is 22.5 Å². The number of hydrogen-bond acceptors (Lipinski definition) is 2. The van der Waals surface area contributed by atoms with Crippen molar-refractivity contribution in [1.82, 2.24) is 9.97 Å². The minimum absolute atomic E-state index is 0.192. The number of imidazole rings is 1. The predicted octanol–water partition coefficient (Wildman–Crippen LogP) is 3.43. The van der Waals surface area contributed by atoms with Gasteiger partial charge in [0.1, 0.15) is 11.6 Å². The summed E-state index contributed by atoms with van der Waals surface area (Å²) in [6, 6.07) is 4.97. The lowest BCUT2D eigenvalue weighted by Gasteiger charge is -2.08. The molecule has 2 aromatic rings. The average molecular weight is 312 g/mol. The van der Waals surface area contributed by atoms with Crippen LogP contribution >= 0.6 is 15.9 Å². The lowest BCUT2D eigenvalue weighted by molar-refractivity contribution is 0.628. The monoisotopic (exact) mass is 311 g/mol. The van der Waals surface area contributed by atoms with Gasteiger partial charge in [0.2, 0.25) is 0 Å². The van der Waals surface area contributed by atoms with E-state index in [1.54, 1.807) is 18.3 Å². The SMILES string of the molecule is CCC(CN)c1ncc(-c2ccc(Br)cc2F)[nH]1. The summed E-state index contributed by atoms with van der Waals surface area (Å²) in [5.41, 5.74) is 6.87. The summed E-state index contributed by atoms with van der Waals surface area (Å²) in [5, 5.41) is 0. The third kappa shape index (κ3) is 2.62. The van der Waals surface area contributed by atoms with Gasteiger partial charge >= 0.3 is 0 Å². The van der Waals surface area contributed by atoms with Crippen LogP contribution in [0.1, 0.15) is 25.1 Å². The molecule has 0 fully saturated rings. The molecule has 0 radical (unpaired) electrons. The molecule has 3 nitrogen and oxygen atoms in total. The summed E-state index contributed by atoms with van der Waals surface area (Å²) in [6.45, 7) is 2.59. The Bertz CT molecular complexity index is 535. The van der Waals surface area contributed by atoms with Crippen molar-refractivity contribution in [2.24, 2.45) is 5.73 Å². The highest BCUT2D eigenvalue weighted by molar-refractivity contribution is 9.10. The highest BCUT2D eigenvalue weighted by atomic mass is 79.9. The number of nitrogens with zero attached hydrogens (tertiary/aromatic N) is 1. The Kier molecular flexibility index (Phi) is 4.14. The van der Waals surface area contributed by atoms with E-state index in [0.717, 1.165) is 16.7 Å². The smallest absolute Gasteiger partial charge is 0.133 e. The van der Waals surface area contributed by atoms with Gasteiger partial charge in [0.15, 0.2) is 0 Å². The van der Waals surface area contributed by atoms with Crippen LogP contribution in [0.15, 0.2) is 28.9 Å². The molecular formula is C13H15BrFN3. The van der Waals surface area contributed by atoms with Gasteiger partial charge in [0.25, 0.3) is 0 Å². The Morgan fingerprint density at radius 3 is 2.89 bits per heavy atom. The van der Waals surface area contributed by atoms with Crippen molar-refractivity contribution < 1.29 is 4.39 Å².